The van der Waals surface area contributed by atoms with Gasteiger partial charge in [-0.05, 0) is 55.6 Å². The Morgan fingerprint density at radius 1 is 1.16 bits per heavy atom. The fourth-order valence-electron chi connectivity index (χ4n) is 4.97. The van der Waals surface area contributed by atoms with Crippen LogP contribution in [0.1, 0.15) is 43.2 Å². The number of hydrogen-bond donors (Lipinski definition) is 2. The van der Waals surface area contributed by atoms with Crippen LogP contribution in [0.5, 0.6) is 11.5 Å². The van der Waals surface area contributed by atoms with Gasteiger partial charge in [-0.15, -0.1) is 0 Å². The third-order valence-electron chi connectivity index (χ3n) is 5.67. The summed E-state index contributed by atoms with van der Waals surface area (Å²) in [6.45, 7) is 0. The standard InChI is InChI=1S/C17H20O2/c18-14-7-6-12-10-11-4-3-9-17(15(12)16(14)19)8-2-1-5-13(11)17/h1,5-7,11,13,18-19H,2-4,8-10H2/t11?,13?,17-/m1/s1. The van der Waals surface area contributed by atoms with Gasteiger partial charge in [-0.25, -0.2) is 0 Å². The summed E-state index contributed by atoms with van der Waals surface area (Å²) in [5.41, 5.74) is 2.43. The molecule has 2 bridgehead atoms. The van der Waals surface area contributed by atoms with Crippen LogP contribution in [-0.2, 0) is 11.8 Å². The molecule has 0 amide bonds. The summed E-state index contributed by atoms with van der Waals surface area (Å²) in [5, 5.41) is 20.3. The summed E-state index contributed by atoms with van der Waals surface area (Å²) >= 11 is 0. The molecule has 0 heterocycles. The number of allylic oxidation sites excluding steroid dienone is 2. The summed E-state index contributed by atoms with van der Waals surface area (Å²) in [6, 6.07) is 3.68. The van der Waals surface area contributed by atoms with Gasteiger partial charge < -0.3 is 10.2 Å². The molecule has 100 valence electrons. The van der Waals surface area contributed by atoms with Gasteiger partial charge in [0.1, 0.15) is 0 Å². The number of aromatic hydroxyl groups is 2. The van der Waals surface area contributed by atoms with E-state index < -0.39 is 0 Å². The topological polar surface area (TPSA) is 40.5 Å². The SMILES string of the molecule is Oc1ccc2c(c1O)[C@@]13CCC=CC1C(CCC3)C2. The Morgan fingerprint density at radius 2 is 2.05 bits per heavy atom. The van der Waals surface area contributed by atoms with Gasteiger partial charge in [-0.2, -0.15) is 0 Å². The van der Waals surface area contributed by atoms with Crippen molar-refractivity contribution in [2.24, 2.45) is 11.8 Å². The molecule has 1 fully saturated rings. The van der Waals surface area contributed by atoms with Crippen LogP contribution < -0.4 is 0 Å². The second kappa shape index (κ2) is 3.78. The van der Waals surface area contributed by atoms with Crippen molar-refractivity contribution in [3.63, 3.8) is 0 Å². The highest BCUT2D eigenvalue weighted by Gasteiger charge is 2.51. The van der Waals surface area contributed by atoms with E-state index in [9.17, 15) is 10.2 Å². The van der Waals surface area contributed by atoms with Crippen molar-refractivity contribution in [2.75, 3.05) is 0 Å². The summed E-state index contributed by atoms with van der Waals surface area (Å²) in [5.74, 6) is 1.49. The van der Waals surface area contributed by atoms with E-state index in [1.807, 2.05) is 6.07 Å². The molecular formula is C17H20O2. The highest BCUT2D eigenvalue weighted by atomic mass is 16.3. The molecule has 2 nitrogen and oxygen atoms in total. The lowest BCUT2D eigenvalue weighted by Crippen LogP contribution is -2.47. The van der Waals surface area contributed by atoms with Crippen molar-refractivity contribution in [1.82, 2.24) is 0 Å². The van der Waals surface area contributed by atoms with Gasteiger partial charge in [-0.3, -0.25) is 0 Å². The monoisotopic (exact) mass is 256 g/mol. The third kappa shape index (κ3) is 1.37. The number of phenolic OH excluding ortho intramolecular Hbond substituents is 2. The van der Waals surface area contributed by atoms with E-state index in [1.165, 1.54) is 18.4 Å². The lowest BCUT2D eigenvalue weighted by Gasteiger charge is -2.53. The van der Waals surface area contributed by atoms with Crippen molar-refractivity contribution in [3.05, 3.63) is 35.4 Å². The van der Waals surface area contributed by atoms with Crippen molar-refractivity contribution in [2.45, 2.75) is 43.9 Å². The summed E-state index contributed by atoms with van der Waals surface area (Å²) in [4.78, 5) is 0. The van der Waals surface area contributed by atoms with Gasteiger partial charge in [-0.1, -0.05) is 24.6 Å². The first-order chi connectivity index (χ1) is 9.22. The van der Waals surface area contributed by atoms with Gasteiger partial charge in [0.25, 0.3) is 0 Å². The molecular weight excluding hydrogens is 236 g/mol. The predicted octanol–water partition coefficient (Wildman–Crippen LogP) is 3.66. The van der Waals surface area contributed by atoms with E-state index in [-0.39, 0.29) is 16.9 Å². The molecule has 2 unspecified atom stereocenters. The number of hydrogen-bond acceptors (Lipinski definition) is 2. The normalized spacial score (nSPS) is 35.6. The molecule has 0 spiro atoms. The molecule has 3 aliphatic carbocycles. The Morgan fingerprint density at radius 3 is 2.95 bits per heavy atom. The van der Waals surface area contributed by atoms with Crippen LogP contribution in [-0.4, -0.2) is 10.2 Å². The van der Waals surface area contributed by atoms with Crippen molar-refractivity contribution in [3.8, 4) is 11.5 Å². The molecule has 1 aromatic carbocycles. The van der Waals surface area contributed by atoms with Crippen LogP contribution in [0.4, 0.5) is 0 Å². The molecule has 0 aliphatic heterocycles. The Hall–Kier alpha value is -1.44. The van der Waals surface area contributed by atoms with Crippen LogP contribution in [0.15, 0.2) is 24.3 Å². The predicted molar refractivity (Wildman–Crippen MR) is 74.4 cm³/mol. The fourth-order valence-corrected chi connectivity index (χ4v) is 4.97. The van der Waals surface area contributed by atoms with Crippen molar-refractivity contribution < 1.29 is 10.2 Å². The zero-order valence-electron chi connectivity index (χ0n) is 11.1. The molecule has 1 saturated carbocycles. The van der Waals surface area contributed by atoms with Crippen LogP contribution in [0, 0.1) is 11.8 Å². The third-order valence-corrected chi connectivity index (χ3v) is 5.67. The Kier molecular flexibility index (Phi) is 2.27. The molecule has 0 aromatic heterocycles. The average Bonchev–Trinajstić information content (AvgIpc) is 2.42. The maximum Gasteiger partial charge on any atom is 0.161 e. The van der Waals surface area contributed by atoms with Gasteiger partial charge >= 0.3 is 0 Å². The molecule has 2 N–H and O–H groups in total. The lowest BCUT2D eigenvalue weighted by molar-refractivity contribution is 0.112. The summed E-state index contributed by atoms with van der Waals surface area (Å²) in [7, 11) is 0. The van der Waals surface area contributed by atoms with E-state index in [2.05, 4.69) is 12.2 Å². The van der Waals surface area contributed by atoms with E-state index >= 15 is 0 Å². The quantitative estimate of drug-likeness (QED) is 0.549. The highest BCUT2D eigenvalue weighted by molar-refractivity contribution is 5.56. The highest BCUT2D eigenvalue weighted by Crippen LogP contribution is 2.59. The fraction of sp³-hybridized carbons (Fsp3) is 0.529. The molecule has 1 aromatic rings. The summed E-state index contributed by atoms with van der Waals surface area (Å²) < 4.78 is 0. The number of fused-ring (bicyclic) bond motifs is 1. The van der Waals surface area contributed by atoms with E-state index in [0.717, 1.165) is 37.2 Å². The number of rotatable bonds is 0. The van der Waals surface area contributed by atoms with Gasteiger partial charge in [0.2, 0.25) is 0 Å². The van der Waals surface area contributed by atoms with Gasteiger partial charge in [0.15, 0.2) is 11.5 Å². The smallest absolute Gasteiger partial charge is 0.161 e. The molecule has 2 heteroatoms. The Balaban J connectivity index is 1.99. The van der Waals surface area contributed by atoms with Crippen molar-refractivity contribution >= 4 is 0 Å². The molecule has 3 aliphatic rings. The second-order valence-corrected chi connectivity index (χ2v) is 6.47. The average molecular weight is 256 g/mol. The van der Waals surface area contributed by atoms with Crippen molar-refractivity contribution in [1.29, 1.82) is 0 Å². The minimum atomic E-state index is 0.0467. The largest absolute Gasteiger partial charge is 0.504 e. The lowest BCUT2D eigenvalue weighted by atomic mass is 9.50. The number of benzene rings is 1. The van der Waals surface area contributed by atoms with E-state index in [1.54, 1.807) is 6.07 Å². The maximum absolute atomic E-state index is 10.4. The van der Waals surface area contributed by atoms with E-state index in [4.69, 9.17) is 0 Å². The summed E-state index contributed by atoms with van der Waals surface area (Å²) in [6.07, 6.45) is 11.7. The Labute approximate surface area is 113 Å². The number of phenols is 2. The Bertz CT molecular complexity index is 561. The minimum absolute atomic E-state index is 0.0467. The first-order valence-corrected chi connectivity index (χ1v) is 7.43. The zero-order chi connectivity index (χ0) is 13.0. The molecule has 3 atom stereocenters. The zero-order valence-corrected chi connectivity index (χ0v) is 11.1. The van der Waals surface area contributed by atoms with Crippen LogP contribution in [0.3, 0.4) is 0 Å². The van der Waals surface area contributed by atoms with Crippen LogP contribution in [0.25, 0.3) is 0 Å². The van der Waals surface area contributed by atoms with E-state index in [0.29, 0.717) is 5.92 Å². The first-order valence-electron chi connectivity index (χ1n) is 7.43. The molecule has 0 saturated heterocycles. The van der Waals surface area contributed by atoms with Gasteiger partial charge in [0, 0.05) is 11.0 Å². The molecule has 19 heavy (non-hydrogen) atoms. The van der Waals surface area contributed by atoms with Crippen LogP contribution >= 0.6 is 0 Å². The second-order valence-electron chi connectivity index (χ2n) is 6.47. The molecule has 0 radical (unpaired) electrons. The minimum Gasteiger partial charge on any atom is -0.504 e. The molecule has 4 rings (SSSR count). The van der Waals surface area contributed by atoms with Gasteiger partial charge in [0.05, 0.1) is 0 Å². The maximum atomic E-state index is 10.4. The van der Waals surface area contributed by atoms with Crippen LogP contribution in [0.2, 0.25) is 0 Å². The first kappa shape index (κ1) is 11.4.